The lowest BCUT2D eigenvalue weighted by Gasteiger charge is -2.41. The highest BCUT2D eigenvalue weighted by molar-refractivity contribution is 7.47. The number of allylic oxidation sites excluding steroid dienone is 8. The average molecular weight is 1040 g/mol. The molecule has 0 spiro atoms. The molecule has 12 nitrogen and oxygen atoms in total. The Morgan fingerprint density at radius 1 is 0.444 bits per heavy atom. The van der Waals surface area contributed by atoms with Gasteiger partial charge >= 0.3 is 13.8 Å². The fourth-order valence-electron chi connectivity index (χ4n) is 9.01. The number of phosphoric ester groups is 1. The maximum atomic E-state index is 12.9. The molecular formula is C59H109O12P. The molecule has 1 aliphatic rings. The summed E-state index contributed by atoms with van der Waals surface area (Å²) in [5, 5.41) is 50.5. The zero-order chi connectivity index (χ0) is 52.6. The largest absolute Gasteiger partial charge is 0.472 e. The van der Waals surface area contributed by atoms with Crippen LogP contribution in [0.15, 0.2) is 48.6 Å². The van der Waals surface area contributed by atoms with Crippen LogP contribution >= 0.6 is 7.82 Å². The summed E-state index contributed by atoms with van der Waals surface area (Å²) >= 11 is 0. The summed E-state index contributed by atoms with van der Waals surface area (Å²) in [6.07, 6.45) is 50.3. The predicted octanol–water partition coefficient (Wildman–Crippen LogP) is 14.3. The summed E-state index contributed by atoms with van der Waals surface area (Å²) in [4.78, 5) is 23.3. The van der Waals surface area contributed by atoms with Crippen LogP contribution in [0.2, 0.25) is 0 Å². The smallest absolute Gasteiger partial charge is 0.457 e. The molecule has 0 saturated heterocycles. The summed E-state index contributed by atoms with van der Waals surface area (Å²) in [6.45, 7) is 4.27. The first kappa shape index (κ1) is 68.3. The van der Waals surface area contributed by atoms with Gasteiger partial charge in [-0.05, 0) is 77.0 Å². The molecule has 0 aromatic carbocycles. The van der Waals surface area contributed by atoms with Crippen molar-refractivity contribution in [2.45, 2.75) is 301 Å². The molecule has 0 radical (unpaired) electrons. The third-order valence-corrected chi connectivity index (χ3v) is 14.7. The van der Waals surface area contributed by atoms with Crippen molar-refractivity contribution in [1.29, 1.82) is 0 Å². The first-order chi connectivity index (χ1) is 35.0. The second kappa shape index (κ2) is 48.9. The van der Waals surface area contributed by atoms with E-state index in [0.29, 0.717) is 13.0 Å². The molecule has 1 rings (SSSR count). The summed E-state index contributed by atoms with van der Waals surface area (Å²) in [5.41, 5.74) is 0. The van der Waals surface area contributed by atoms with Gasteiger partial charge in [-0.25, -0.2) is 4.57 Å². The molecule has 6 N–H and O–H groups in total. The average Bonchev–Trinajstić information content (AvgIpc) is 3.37. The van der Waals surface area contributed by atoms with Crippen LogP contribution < -0.4 is 0 Å². The molecule has 0 bridgehead atoms. The standard InChI is InChI=1S/C59H109O12P/c1-3-5-7-9-11-13-15-17-19-21-23-25-27-28-30-32-34-36-38-40-42-44-46-48-53(60)70-52(51-69-72(66,67)71-59-57(64)55(62)54(61)56(63)58(59)65)50-68-49-47-45-43-41-39-37-35-33-31-29-26-24-22-20-18-16-14-12-10-8-6-4-2/h15-18,21-24,52,54-59,61-65H,3-14,19-20,25-51H2,1-2H3,(H,66,67)/b17-15-,18-16-,23-21-,24-22-. The Labute approximate surface area is 439 Å². The van der Waals surface area contributed by atoms with Crippen molar-refractivity contribution in [3.05, 3.63) is 48.6 Å². The lowest BCUT2D eigenvalue weighted by molar-refractivity contribution is -0.220. The fraction of sp³-hybridized carbons (Fsp3) is 0.847. The van der Waals surface area contributed by atoms with Gasteiger partial charge in [0.2, 0.25) is 0 Å². The number of aliphatic hydroxyl groups is 5. The number of unbranched alkanes of at least 4 members (excludes halogenated alkanes) is 31. The van der Waals surface area contributed by atoms with Crippen LogP contribution in [0.25, 0.3) is 0 Å². The number of aliphatic hydroxyl groups excluding tert-OH is 5. The molecule has 0 aliphatic heterocycles. The number of rotatable bonds is 51. The Balaban J connectivity index is 2.28. The van der Waals surface area contributed by atoms with E-state index in [2.05, 4.69) is 62.5 Å². The Kier molecular flexibility index (Phi) is 46.4. The van der Waals surface area contributed by atoms with Gasteiger partial charge in [-0.15, -0.1) is 0 Å². The number of carbonyl (C=O) groups is 1. The summed E-state index contributed by atoms with van der Waals surface area (Å²) in [6, 6.07) is 0. The minimum atomic E-state index is -5.03. The van der Waals surface area contributed by atoms with Crippen LogP contribution in [0.4, 0.5) is 0 Å². The SMILES string of the molecule is CCCCCCC/C=C\C/C=C\CCCCCCCCCCCCCC(=O)OC(COCCCCCCCCCCCC/C=C\C/C=C\CCCCCCC)COP(=O)(O)OC1C(O)C(O)C(O)C(O)C1O. The van der Waals surface area contributed by atoms with Gasteiger partial charge in [0.1, 0.15) is 42.7 Å². The monoisotopic (exact) mass is 1040 g/mol. The van der Waals surface area contributed by atoms with Gasteiger partial charge < -0.3 is 39.9 Å². The van der Waals surface area contributed by atoms with Gasteiger partial charge in [-0.2, -0.15) is 0 Å². The van der Waals surface area contributed by atoms with Crippen molar-refractivity contribution in [2.75, 3.05) is 19.8 Å². The third-order valence-electron chi connectivity index (χ3n) is 13.7. The molecule has 1 saturated carbocycles. The zero-order valence-electron chi connectivity index (χ0n) is 45.7. The summed E-state index contributed by atoms with van der Waals surface area (Å²) in [7, 11) is -5.03. The van der Waals surface area contributed by atoms with Crippen molar-refractivity contribution in [3.63, 3.8) is 0 Å². The highest BCUT2D eigenvalue weighted by atomic mass is 31.2. The molecule has 13 heteroatoms. The Bertz CT molecular complexity index is 1370. The van der Waals surface area contributed by atoms with Crippen molar-refractivity contribution in [2.24, 2.45) is 0 Å². The summed E-state index contributed by atoms with van der Waals surface area (Å²) in [5.74, 6) is -0.478. The van der Waals surface area contributed by atoms with Crippen LogP contribution in [0.1, 0.15) is 258 Å². The number of hydrogen-bond acceptors (Lipinski definition) is 11. The quantitative estimate of drug-likeness (QED) is 0.0146. The Morgan fingerprint density at radius 2 is 0.778 bits per heavy atom. The lowest BCUT2D eigenvalue weighted by Crippen LogP contribution is -2.64. The summed E-state index contributed by atoms with van der Waals surface area (Å²) < 4.78 is 34.4. The van der Waals surface area contributed by atoms with E-state index in [0.717, 1.165) is 57.8 Å². The van der Waals surface area contributed by atoms with Crippen LogP contribution in [-0.2, 0) is 27.9 Å². The predicted molar refractivity (Wildman–Crippen MR) is 295 cm³/mol. The van der Waals surface area contributed by atoms with Gasteiger partial charge in [0.25, 0.3) is 0 Å². The van der Waals surface area contributed by atoms with Gasteiger partial charge in [0.05, 0.1) is 13.2 Å². The minimum absolute atomic E-state index is 0.0790. The molecule has 0 aromatic rings. The number of esters is 1. The van der Waals surface area contributed by atoms with Crippen molar-refractivity contribution in [3.8, 4) is 0 Å². The van der Waals surface area contributed by atoms with Crippen LogP contribution in [0.3, 0.4) is 0 Å². The second-order valence-electron chi connectivity index (χ2n) is 20.5. The van der Waals surface area contributed by atoms with E-state index >= 15 is 0 Å². The Morgan fingerprint density at radius 3 is 1.17 bits per heavy atom. The zero-order valence-corrected chi connectivity index (χ0v) is 46.6. The number of hydrogen-bond donors (Lipinski definition) is 6. The highest BCUT2D eigenvalue weighted by Crippen LogP contribution is 2.47. The Hall–Kier alpha value is -1.70. The first-order valence-corrected chi connectivity index (χ1v) is 31.0. The molecule has 1 fully saturated rings. The molecular weight excluding hydrogens is 932 g/mol. The molecule has 1 aliphatic carbocycles. The number of carbonyl (C=O) groups excluding carboxylic acids is 1. The van der Waals surface area contributed by atoms with Crippen LogP contribution in [0, 0.1) is 0 Å². The van der Waals surface area contributed by atoms with Gasteiger partial charge in [0, 0.05) is 13.0 Å². The molecule has 422 valence electrons. The van der Waals surface area contributed by atoms with Gasteiger partial charge in [-0.1, -0.05) is 223 Å². The van der Waals surface area contributed by atoms with Gasteiger partial charge in [0.15, 0.2) is 0 Å². The van der Waals surface area contributed by atoms with E-state index in [1.54, 1.807) is 0 Å². The number of phosphoric acid groups is 1. The van der Waals surface area contributed by atoms with Crippen molar-refractivity contribution in [1.82, 2.24) is 0 Å². The molecule has 0 aromatic heterocycles. The number of ether oxygens (including phenoxy) is 2. The minimum Gasteiger partial charge on any atom is -0.457 e. The van der Waals surface area contributed by atoms with E-state index in [-0.39, 0.29) is 13.0 Å². The maximum absolute atomic E-state index is 12.9. The molecule has 6 unspecified atom stereocenters. The fourth-order valence-corrected chi connectivity index (χ4v) is 9.98. The van der Waals surface area contributed by atoms with Crippen molar-refractivity contribution >= 4 is 13.8 Å². The topological polar surface area (TPSA) is 192 Å². The molecule has 0 amide bonds. The molecule has 0 heterocycles. The second-order valence-corrected chi connectivity index (χ2v) is 21.9. The molecule has 6 atom stereocenters. The van der Waals surface area contributed by atoms with Gasteiger partial charge in [-0.3, -0.25) is 13.8 Å². The highest BCUT2D eigenvalue weighted by Gasteiger charge is 2.51. The van der Waals surface area contributed by atoms with E-state index in [9.17, 15) is 39.8 Å². The van der Waals surface area contributed by atoms with Crippen molar-refractivity contribution < 1.29 is 58.3 Å². The van der Waals surface area contributed by atoms with E-state index < -0.39 is 63.1 Å². The van der Waals surface area contributed by atoms with E-state index in [4.69, 9.17) is 18.5 Å². The van der Waals surface area contributed by atoms with Crippen LogP contribution in [0.5, 0.6) is 0 Å². The van der Waals surface area contributed by atoms with E-state index in [1.807, 2.05) is 0 Å². The molecule has 72 heavy (non-hydrogen) atoms. The van der Waals surface area contributed by atoms with E-state index in [1.165, 1.54) is 173 Å². The van der Waals surface area contributed by atoms with Crippen LogP contribution in [-0.4, -0.2) is 98.9 Å². The first-order valence-electron chi connectivity index (χ1n) is 29.5. The maximum Gasteiger partial charge on any atom is 0.472 e. The third kappa shape index (κ3) is 39.7. The normalized spacial score (nSPS) is 20.9. The lowest BCUT2D eigenvalue weighted by atomic mass is 9.85.